The van der Waals surface area contributed by atoms with Crippen LogP contribution in [0, 0.1) is 0 Å². The van der Waals surface area contributed by atoms with Crippen LogP contribution in [-0.2, 0) is 14.3 Å². The molecule has 0 aromatic heterocycles. The third kappa shape index (κ3) is 4.79. The van der Waals surface area contributed by atoms with Crippen molar-refractivity contribution in [1.29, 1.82) is 0 Å². The van der Waals surface area contributed by atoms with Crippen molar-refractivity contribution in [3.05, 3.63) is 23.8 Å². The lowest BCUT2D eigenvalue weighted by atomic mass is 10.2. The normalized spacial score (nSPS) is 10.2. The molecule has 6 heteroatoms. The van der Waals surface area contributed by atoms with Gasteiger partial charge in [-0.25, -0.2) is 9.59 Å². The highest BCUT2D eigenvalue weighted by atomic mass is 16.6. The van der Waals surface area contributed by atoms with Crippen molar-refractivity contribution in [1.82, 2.24) is 0 Å². The second-order valence-electron chi connectivity index (χ2n) is 4.30. The number of hydrogen-bond donors (Lipinski definition) is 1. The minimum absolute atomic E-state index is 0.248. The van der Waals surface area contributed by atoms with Crippen LogP contribution in [0.25, 0.3) is 0 Å². The Morgan fingerprint density at radius 2 is 2.00 bits per heavy atom. The van der Waals surface area contributed by atoms with Crippen LogP contribution in [-0.4, -0.2) is 31.3 Å². The van der Waals surface area contributed by atoms with Gasteiger partial charge in [0.05, 0.1) is 24.0 Å². The van der Waals surface area contributed by atoms with Crippen LogP contribution in [0.3, 0.4) is 0 Å². The van der Waals surface area contributed by atoms with Crippen LogP contribution in [0.1, 0.15) is 31.1 Å². The molecular weight excluding hydrogens is 262 g/mol. The van der Waals surface area contributed by atoms with E-state index in [0.717, 1.165) is 0 Å². The minimum atomic E-state index is -0.638. The summed E-state index contributed by atoms with van der Waals surface area (Å²) in [5.74, 6) is -0.726. The highest BCUT2D eigenvalue weighted by molar-refractivity contribution is 5.92. The molecule has 0 aliphatic rings. The number of ether oxygens (including phenoxy) is 3. The molecule has 0 saturated carbocycles. The van der Waals surface area contributed by atoms with Gasteiger partial charge in [0.25, 0.3) is 0 Å². The molecular formula is C14H19NO5. The summed E-state index contributed by atoms with van der Waals surface area (Å²) in [5, 5.41) is 0. The number of esters is 2. The molecule has 6 nitrogen and oxygen atoms in total. The molecule has 0 bridgehead atoms. The maximum Gasteiger partial charge on any atom is 0.344 e. The monoisotopic (exact) mass is 281 g/mol. The molecule has 0 atom stereocenters. The van der Waals surface area contributed by atoms with E-state index in [0.29, 0.717) is 18.0 Å². The molecule has 0 aliphatic carbocycles. The van der Waals surface area contributed by atoms with Crippen LogP contribution in [0.2, 0.25) is 0 Å². The Hall–Kier alpha value is -2.24. The Morgan fingerprint density at radius 1 is 1.30 bits per heavy atom. The number of nitrogens with two attached hydrogens (primary N) is 1. The average Bonchev–Trinajstić information content (AvgIpc) is 2.37. The molecule has 1 rings (SSSR count). The standard InChI is InChI=1S/C14H19NO5/c1-4-18-12-6-5-10(7-11(12)15)14(17)19-8-13(16)20-9(2)3/h5-7,9H,4,8,15H2,1-3H3. The molecule has 110 valence electrons. The van der Waals surface area contributed by atoms with Crippen LogP contribution in [0.15, 0.2) is 18.2 Å². The van der Waals surface area contributed by atoms with Crippen LogP contribution >= 0.6 is 0 Å². The lowest BCUT2D eigenvalue weighted by Gasteiger charge is -2.10. The van der Waals surface area contributed by atoms with Crippen molar-refractivity contribution in [2.75, 3.05) is 18.9 Å². The third-order valence-electron chi connectivity index (χ3n) is 2.23. The number of benzene rings is 1. The quantitative estimate of drug-likeness (QED) is 0.631. The number of hydrogen-bond acceptors (Lipinski definition) is 6. The number of anilines is 1. The van der Waals surface area contributed by atoms with E-state index in [1.165, 1.54) is 12.1 Å². The summed E-state index contributed by atoms with van der Waals surface area (Å²) in [4.78, 5) is 23.0. The van der Waals surface area contributed by atoms with E-state index >= 15 is 0 Å². The summed E-state index contributed by atoms with van der Waals surface area (Å²) in [6.45, 7) is 5.32. The summed E-state index contributed by atoms with van der Waals surface area (Å²) in [7, 11) is 0. The molecule has 0 amide bonds. The summed E-state index contributed by atoms with van der Waals surface area (Å²) >= 11 is 0. The van der Waals surface area contributed by atoms with Crippen molar-refractivity contribution in [3.63, 3.8) is 0 Å². The van der Waals surface area contributed by atoms with E-state index in [4.69, 9.17) is 19.9 Å². The van der Waals surface area contributed by atoms with Gasteiger partial charge in [0.2, 0.25) is 0 Å². The zero-order valence-electron chi connectivity index (χ0n) is 11.8. The molecule has 0 saturated heterocycles. The summed E-state index contributed by atoms with van der Waals surface area (Å²) in [5.41, 5.74) is 6.33. The Balaban J connectivity index is 2.60. The van der Waals surface area contributed by atoms with E-state index < -0.39 is 18.5 Å². The molecule has 2 N–H and O–H groups in total. The molecule has 1 aromatic rings. The van der Waals surface area contributed by atoms with E-state index in [9.17, 15) is 9.59 Å². The topological polar surface area (TPSA) is 87.8 Å². The fraction of sp³-hybridized carbons (Fsp3) is 0.429. The number of carbonyl (C=O) groups excluding carboxylic acids is 2. The van der Waals surface area contributed by atoms with Crippen LogP contribution < -0.4 is 10.5 Å². The molecule has 20 heavy (non-hydrogen) atoms. The number of rotatable bonds is 6. The van der Waals surface area contributed by atoms with Gasteiger partial charge in [-0.05, 0) is 39.0 Å². The van der Waals surface area contributed by atoms with E-state index in [1.807, 2.05) is 6.92 Å². The van der Waals surface area contributed by atoms with Crippen molar-refractivity contribution < 1.29 is 23.8 Å². The first-order chi connectivity index (χ1) is 9.43. The number of nitrogen functional groups attached to an aromatic ring is 1. The molecule has 1 aromatic carbocycles. The molecule has 0 radical (unpaired) electrons. The SMILES string of the molecule is CCOc1ccc(C(=O)OCC(=O)OC(C)C)cc1N. The smallest absolute Gasteiger partial charge is 0.344 e. The van der Waals surface area contributed by atoms with Gasteiger partial charge in [0, 0.05) is 0 Å². The van der Waals surface area contributed by atoms with Gasteiger partial charge in [0.1, 0.15) is 5.75 Å². The van der Waals surface area contributed by atoms with E-state index in [2.05, 4.69) is 0 Å². The summed E-state index contributed by atoms with van der Waals surface area (Å²) in [6.07, 6.45) is -0.248. The lowest BCUT2D eigenvalue weighted by molar-refractivity contribution is -0.150. The van der Waals surface area contributed by atoms with Crippen molar-refractivity contribution in [2.45, 2.75) is 26.9 Å². The maximum absolute atomic E-state index is 11.7. The second-order valence-corrected chi connectivity index (χ2v) is 4.30. The lowest BCUT2D eigenvalue weighted by Crippen LogP contribution is -2.19. The number of carbonyl (C=O) groups is 2. The van der Waals surface area contributed by atoms with Gasteiger partial charge in [-0.2, -0.15) is 0 Å². The molecule has 0 unspecified atom stereocenters. The Bertz CT molecular complexity index is 484. The largest absolute Gasteiger partial charge is 0.492 e. The van der Waals surface area contributed by atoms with Crippen LogP contribution in [0.4, 0.5) is 5.69 Å². The summed E-state index contributed by atoms with van der Waals surface area (Å²) < 4.78 is 14.9. The Morgan fingerprint density at radius 3 is 2.55 bits per heavy atom. The third-order valence-corrected chi connectivity index (χ3v) is 2.23. The van der Waals surface area contributed by atoms with Gasteiger partial charge in [-0.15, -0.1) is 0 Å². The Labute approximate surface area is 117 Å². The fourth-order valence-electron chi connectivity index (χ4n) is 1.47. The predicted octanol–water partition coefficient (Wildman–Crippen LogP) is 1.78. The van der Waals surface area contributed by atoms with E-state index in [1.54, 1.807) is 19.9 Å². The zero-order valence-corrected chi connectivity index (χ0v) is 11.8. The van der Waals surface area contributed by atoms with Gasteiger partial charge < -0.3 is 19.9 Å². The van der Waals surface area contributed by atoms with Crippen LogP contribution in [0.5, 0.6) is 5.75 Å². The van der Waals surface area contributed by atoms with E-state index in [-0.39, 0.29) is 11.7 Å². The minimum Gasteiger partial charge on any atom is -0.492 e. The van der Waals surface area contributed by atoms with Gasteiger partial charge in [-0.3, -0.25) is 0 Å². The first kappa shape index (κ1) is 15.8. The second kappa shape index (κ2) is 7.37. The highest BCUT2D eigenvalue weighted by Gasteiger charge is 2.13. The maximum atomic E-state index is 11.7. The first-order valence-electron chi connectivity index (χ1n) is 6.33. The highest BCUT2D eigenvalue weighted by Crippen LogP contribution is 2.22. The first-order valence-corrected chi connectivity index (χ1v) is 6.33. The van der Waals surface area contributed by atoms with Crippen molar-refractivity contribution in [2.24, 2.45) is 0 Å². The molecule has 0 heterocycles. The van der Waals surface area contributed by atoms with Crippen molar-refractivity contribution in [3.8, 4) is 5.75 Å². The summed E-state index contributed by atoms with van der Waals surface area (Å²) in [6, 6.07) is 4.56. The molecule has 0 aliphatic heterocycles. The van der Waals surface area contributed by atoms with Gasteiger partial charge >= 0.3 is 11.9 Å². The van der Waals surface area contributed by atoms with Gasteiger partial charge in [0.15, 0.2) is 6.61 Å². The Kier molecular flexibility index (Phi) is 5.83. The van der Waals surface area contributed by atoms with Gasteiger partial charge in [-0.1, -0.05) is 0 Å². The average molecular weight is 281 g/mol. The van der Waals surface area contributed by atoms with Crippen molar-refractivity contribution >= 4 is 17.6 Å². The molecule has 0 fully saturated rings. The predicted molar refractivity (Wildman–Crippen MR) is 73.5 cm³/mol. The molecule has 0 spiro atoms. The fourth-order valence-corrected chi connectivity index (χ4v) is 1.47. The zero-order chi connectivity index (χ0) is 15.1.